The van der Waals surface area contributed by atoms with Gasteiger partial charge in [-0.2, -0.15) is 4.98 Å². The summed E-state index contributed by atoms with van der Waals surface area (Å²) >= 11 is 10.8. The summed E-state index contributed by atoms with van der Waals surface area (Å²) in [6, 6.07) is 14.9. The fourth-order valence-electron chi connectivity index (χ4n) is 2.24. The highest BCUT2D eigenvalue weighted by atomic mass is 79.9. The van der Waals surface area contributed by atoms with E-state index in [0.29, 0.717) is 39.4 Å². The summed E-state index contributed by atoms with van der Waals surface area (Å²) in [7, 11) is 0. The fraction of sp³-hybridized carbons (Fsp3) is 0.111. The summed E-state index contributed by atoms with van der Waals surface area (Å²) in [6.07, 6.45) is 0. The predicted octanol–water partition coefficient (Wildman–Crippen LogP) is 5.41. The van der Waals surface area contributed by atoms with Crippen LogP contribution >= 0.6 is 39.3 Å². The molecule has 7 nitrogen and oxygen atoms in total. The first-order chi connectivity index (χ1) is 13.7. The number of aromatic nitrogens is 4. The molecule has 4 rings (SSSR count). The van der Waals surface area contributed by atoms with Gasteiger partial charge < -0.3 is 13.7 Å². The van der Waals surface area contributed by atoms with E-state index in [9.17, 15) is 0 Å². The molecule has 0 unspecified atom stereocenters. The molecule has 28 heavy (non-hydrogen) atoms. The molecular weight excluding hydrogens is 468 g/mol. The zero-order valence-electron chi connectivity index (χ0n) is 14.2. The van der Waals surface area contributed by atoms with E-state index in [4.69, 9.17) is 25.3 Å². The van der Waals surface area contributed by atoms with Gasteiger partial charge in [0.15, 0.2) is 6.61 Å². The Bertz CT molecular complexity index is 1090. The average molecular weight is 480 g/mol. The molecule has 2 heterocycles. The number of thioether (sulfide) groups is 1. The summed E-state index contributed by atoms with van der Waals surface area (Å²) in [5.74, 6) is 2.31. The van der Waals surface area contributed by atoms with Crippen molar-refractivity contribution in [3.05, 3.63) is 69.8 Å². The fourth-order valence-corrected chi connectivity index (χ4v) is 3.45. The van der Waals surface area contributed by atoms with Crippen molar-refractivity contribution >= 4 is 39.3 Å². The molecule has 2 aromatic carbocycles. The number of para-hydroxylation sites is 1. The van der Waals surface area contributed by atoms with Crippen LogP contribution in [-0.2, 0) is 12.4 Å². The molecule has 0 aliphatic heterocycles. The van der Waals surface area contributed by atoms with Crippen LogP contribution in [0.2, 0.25) is 5.02 Å². The standard InChI is InChI=1S/C18H12BrClN4O3S/c19-12-5-3-4-11(8-12)17-21-16(27-24-17)10-28-18-23-22-15(26-18)9-25-14-7-2-1-6-13(14)20/h1-8H,9-10H2. The van der Waals surface area contributed by atoms with Crippen LogP contribution in [0.25, 0.3) is 11.4 Å². The molecule has 0 fully saturated rings. The van der Waals surface area contributed by atoms with E-state index in [1.165, 1.54) is 11.8 Å². The predicted molar refractivity (Wildman–Crippen MR) is 107 cm³/mol. The largest absolute Gasteiger partial charge is 0.482 e. The van der Waals surface area contributed by atoms with Gasteiger partial charge in [0.2, 0.25) is 11.7 Å². The van der Waals surface area contributed by atoms with Crippen LogP contribution in [0.4, 0.5) is 0 Å². The second kappa shape index (κ2) is 8.76. The first-order valence-corrected chi connectivity index (χ1v) is 10.2. The molecule has 0 N–H and O–H groups in total. The summed E-state index contributed by atoms with van der Waals surface area (Å²) in [6.45, 7) is 0.130. The van der Waals surface area contributed by atoms with Crippen molar-refractivity contribution in [3.8, 4) is 17.1 Å². The minimum Gasteiger partial charge on any atom is -0.482 e. The van der Waals surface area contributed by atoms with Gasteiger partial charge in [0, 0.05) is 10.0 Å². The van der Waals surface area contributed by atoms with Crippen molar-refractivity contribution in [1.82, 2.24) is 20.3 Å². The number of benzene rings is 2. The van der Waals surface area contributed by atoms with Gasteiger partial charge in [-0.25, -0.2) is 0 Å². The van der Waals surface area contributed by atoms with Crippen LogP contribution in [0, 0.1) is 0 Å². The summed E-state index contributed by atoms with van der Waals surface area (Å²) in [5.41, 5.74) is 0.867. The van der Waals surface area contributed by atoms with Crippen molar-refractivity contribution in [2.24, 2.45) is 0 Å². The molecule has 2 aromatic heterocycles. The zero-order chi connectivity index (χ0) is 19.3. The maximum absolute atomic E-state index is 6.05. The highest BCUT2D eigenvalue weighted by Gasteiger charge is 2.13. The van der Waals surface area contributed by atoms with Gasteiger partial charge in [-0.15, -0.1) is 10.2 Å². The Kier molecular flexibility index (Phi) is 5.94. The summed E-state index contributed by atoms with van der Waals surface area (Å²) < 4.78 is 17.4. The number of halogens is 2. The van der Waals surface area contributed by atoms with E-state index in [1.54, 1.807) is 12.1 Å². The van der Waals surface area contributed by atoms with Gasteiger partial charge in [0.25, 0.3) is 11.1 Å². The lowest BCUT2D eigenvalue weighted by Gasteiger charge is -2.04. The van der Waals surface area contributed by atoms with Crippen molar-refractivity contribution in [1.29, 1.82) is 0 Å². The molecule has 0 aliphatic carbocycles. The molecular formula is C18H12BrClN4O3S. The molecule has 0 aliphatic rings. The maximum atomic E-state index is 6.05. The zero-order valence-corrected chi connectivity index (χ0v) is 17.4. The van der Waals surface area contributed by atoms with Crippen LogP contribution in [0.3, 0.4) is 0 Å². The highest BCUT2D eigenvalue weighted by Crippen LogP contribution is 2.26. The Balaban J connectivity index is 1.33. The smallest absolute Gasteiger partial charge is 0.277 e. The van der Waals surface area contributed by atoms with Gasteiger partial charge in [-0.1, -0.05) is 68.7 Å². The lowest BCUT2D eigenvalue weighted by Crippen LogP contribution is -1.95. The summed E-state index contributed by atoms with van der Waals surface area (Å²) in [4.78, 5) is 4.38. The van der Waals surface area contributed by atoms with Crippen LogP contribution in [0.15, 0.2) is 67.2 Å². The highest BCUT2D eigenvalue weighted by molar-refractivity contribution is 9.10. The third kappa shape index (κ3) is 4.73. The third-order valence-electron chi connectivity index (χ3n) is 3.51. The monoisotopic (exact) mass is 478 g/mol. The Labute approximate surface area is 177 Å². The van der Waals surface area contributed by atoms with Gasteiger partial charge >= 0.3 is 0 Å². The molecule has 0 bridgehead atoms. The van der Waals surface area contributed by atoms with Crippen LogP contribution < -0.4 is 4.74 Å². The summed E-state index contributed by atoms with van der Waals surface area (Å²) in [5, 5.41) is 12.8. The van der Waals surface area contributed by atoms with E-state index in [-0.39, 0.29) is 6.61 Å². The van der Waals surface area contributed by atoms with Crippen LogP contribution in [0.5, 0.6) is 5.75 Å². The third-order valence-corrected chi connectivity index (χ3v) is 5.11. The van der Waals surface area contributed by atoms with Gasteiger partial charge in [0.05, 0.1) is 10.8 Å². The maximum Gasteiger partial charge on any atom is 0.277 e. The number of rotatable bonds is 7. The second-order valence-electron chi connectivity index (χ2n) is 5.49. The number of ether oxygens (including phenoxy) is 1. The SMILES string of the molecule is Clc1ccccc1OCc1nnc(SCc2nc(-c3cccc(Br)c3)no2)o1. The Hall–Kier alpha value is -2.36. The topological polar surface area (TPSA) is 87.1 Å². The Morgan fingerprint density at radius 2 is 1.96 bits per heavy atom. The van der Waals surface area contributed by atoms with Crippen molar-refractivity contribution < 1.29 is 13.7 Å². The number of hydrogen-bond acceptors (Lipinski definition) is 8. The molecule has 0 radical (unpaired) electrons. The molecule has 142 valence electrons. The lowest BCUT2D eigenvalue weighted by atomic mass is 10.2. The minimum atomic E-state index is 0.130. The van der Waals surface area contributed by atoms with Crippen LogP contribution in [-0.4, -0.2) is 20.3 Å². The van der Waals surface area contributed by atoms with Gasteiger partial charge in [-0.05, 0) is 24.3 Å². The number of nitrogens with zero attached hydrogens (tertiary/aromatic N) is 4. The number of hydrogen-bond donors (Lipinski definition) is 0. The van der Waals surface area contributed by atoms with Crippen LogP contribution in [0.1, 0.15) is 11.8 Å². The first-order valence-electron chi connectivity index (χ1n) is 8.08. The minimum absolute atomic E-state index is 0.130. The molecule has 0 atom stereocenters. The second-order valence-corrected chi connectivity index (χ2v) is 7.74. The Morgan fingerprint density at radius 1 is 1.07 bits per heavy atom. The van der Waals surface area contributed by atoms with Gasteiger partial charge in [0.1, 0.15) is 5.75 Å². The molecule has 0 saturated heterocycles. The van der Waals surface area contributed by atoms with E-state index in [1.807, 2.05) is 36.4 Å². The first kappa shape index (κ1) is 19.0. The van der Waals surface area contributed by atoms with Crippen molar-refractivity contribution in [3.63, 3.8) is 0 Å². The molecule has 0 saturated carbocycles. The van der Waals surface area contributed by atoms with Crippen molar-refractivity contribution in [2.45, 2.75) is 17.6 Å². The van der Waals surface area contributed by atoms with E-state index >= 15 is 0 Å². The molecule has 0 spiro atoms. The molecule has 10 heteroatoms. The molecule has 0 amide bonds. The van der Waals surface area contributed by atoms with E-state index in [2.05, 4.69) is 36.3 Å². The Morgan fingerprint density at radius 3 is 2.82 bits per heavy atom. The lowest BCUT2D eigenvalue weighted by molar-refractivity contribution is 0.252. The van der Waals surface area contributed by atoms with Gasteiger partial charge in [-0.3, -0.25) is 0 Å². The average Bonchev–Trinajstić information content (AvgIpc) is 3.35. The normalized spacial score (nSPS) is 10.9. The van der Waals surface area contributed by atoms with Crippen molar-refractivity contribution in [2.75, 3.05) is 0 Å². The van der Waals surface area contributed by atoms with E-state index < -0.39 is 0 Å². The quantitative estimate of drug-likeness (QED) is 0.325. The molecule has 4 aromatic rings. The van der Waals surface area contributed by atoms with E-state index in [0.717, 1.165) is 10.0 Å².